The van der Waals surface area contributed by atoms with Crippen LogP contribution in [-0.2, 0) is 10.1 Å². The number of hydrogen-bond donors (Lipinski definition) is 0. The lowest BCUT2D eigenvalue weighted by Gasteiger charge is -2.11. The van der Waals surface area contributed by atoms with Crippen molar-refractivity contribution >= 4 is 38.7 Å². The first kappa shape index (κ1) is 18.3. The summed E-state index contributed by atoms with van der Waals surface area (Å²) in [5, 5.41) is 12.5. The third kappa shape index (κ3) is 3.69. The van der Waals surface area contributed by atoms with Crippen molar-refractivity contribution in [3.63, 3.8) is 0 Å². The number of non-ortho nitro benzene ring substituents is 1. The number of rotatable bonds is 5. The van der Waals surface area contributed by atoms with Gasteiger partial charge in [0, 0.05) is 22.6 Å². The van der Waals surface area contributed by atoms with Gasteiger partial charge in [-0.05, 0) is 35.7 Å². The van der Waals surface area contributed by atoms with Gasteiger partial charge in [0.25, 0.3) is 5.69 Å². The Labute approximate surface area is 156 Å². The van der Waals surface area contributed by atoms with Crippen molar-refractivity contribution in [2.24, 2.45) is 0 Å². The van der Waals surface area contributed by atoms with Crippen LogP contribution in [0.1, 0.15) is 0 Å². The maximum absolute atomic E-state index is 13.4. The topological polar surface area (TPSA) is 86.5 Å². The molecule has 0 bridgehead atoms. The average molecular weight is 414 g/mol. The number of benzene rings is 2. The van der Waals surface area contributed by atoms with E-state index in [1.807, 2.05) is 0 Å². The molecule has 0 atom stereocenters. The van der Waals surface area contributed by atoms with Crippen LogP contribution < -0.4 is 4.18 Å². The summed E-state index contributed by atoms with van der Waals surface area (Å²) < 4.78 is 43.6. The molecular formula is C16H9ClFNO5S2. The number of halogens is 2. The molecule has 0 fully saturated rings. The van der Waals surface area contributed by atoms with Crippen LogP contribution in [0.25, 0.3) is 10.4 Å². The summed E-state index contributed by atoms with van der Waals surface area (Å²) in [4.78, 5) is 10.5. The lowest BCUT2D eigenvalue weighted by Crippen LogP contribution is -2.11. The van der Waals surface area contributed by atoms with Crippen molar-refractivity contribution in [2.75, 3.05) is 0 Å². The lowest BCUT2D eigenvalue weighted by molar-refractivity contribution is -0.384. The first-order valence-electron chi connectivity index (χ1n) is 7.00. The van der Waals surface area contributed by atoms with E-state index in [4.69, 9.17) is 15.8 Å². The second kappa shape index (κ2) is 7.02. The molecule has 1 heterocycles. The summed E-state index contributed by atoms with van der Waals surface area (Å²) in [7, 11) is -4.45. The van der Waals surface area contributed by atoms with Crippen molar-refractivity contribution < 1.29 is 21.9 Å². The molecular weight excluding hydrogens is 405 g/mol. The van der Waals surface area contributed by atoms with E-state index in [0.717, 1.165) is 24.3 Å². The molecule has 2 aromatic carbocycles. The summed E-state index contributed by atoms with van der Waals surface area (Å²) in [5.74, 6) is -0.919. The molecule has 26 heavy (non-hydrogen) atoms. The van der Waals surface area contributed by atoms with Crippen LogP contribution in [0.2, 0.25) is 5.02 Å². The predicted octanol–water partition coefficient (Wildman–Crippen LogP) is 4.88. The smallest absolute Gasteiger partial charge is 0.340 e. The second-order valence-electron chi connectivity index (χ2n) is 5.03. The molecule has 10 heteroatoms. The Bertz CT molecular complexity index is 1080. The maximum atomic E-state index is 13.4. The Morgan fingerprint density at radius 2 is 1.92 bits per heavy atom. The van der Waals surface area contributed by atoms with E-state index in [9.17, 15) is 22.9 Å². The predicted molar refractivity (Wildman–Crippen MR) is 95.6 cm³/mol. The zero-order valence-corrected chi connectivity index (χ0v) is 15.1. The first-order chi connectivity index (χ1) is 12.3. The minimum absolute atomic E-state index is 0.127. The zero-order valence-electron chi connectivity index (χ0n) is 12.8. The van der Waals surface area contributed by atoms with Gasteiger partial charge in [-0.1, -0.05) is 17.7 Å². The van der Waals surface area contributed by atoms with Crippen LogP contribution in [0, 0.1) is 15.9 Å². The molecule has 0 amide bonds. The van der Waals surface area contributed by atoms with E-state index in [-0.39, 0.29) is 22.0 Å². The molecule has 0 aliphatic heterocycles. The molecule has 0 saturated heterocycles. The fourth-order valence-corrected chi connectivity index (χ4v) is 4.34. The number of hydrogen-bond acceptors (Lipinski definition) is 6. The van der Waals surface area contributed by atoms with Crippen LogP contribution in [0.15, 0.2) is 58.8 Å². The molecule has 3 rings (SSSR count). The van der Waals surface area contributed by atoms with Crippen molar-refractivity contribution in [1.29, 1.82) is 0 Å². The molecule has 3 aromatic rings. The third-order valence-corrected chi connectivity index (χ3v) is 5.94. The van der Waals surface area contributed by atoms with Gasteiger partial charge in [0.1, 0.15) is 10.7 Å². The largest absolute Gasteiger partial charge is 0.378 e. The van der Waals surface area contributed by atoms with Crippen LogP contribution in [0.5, 0.6) is 5.75 Å². The second-order valence-corrected chi connectivity index (χ2v) is 7.90. The maximum Gasteiger partial charge on any atom is 0.340 e. The average Bonchev–Trinajstić information content (AvgIpc) is 3.11. The molecule has 0 unspecified atom stereocenters. The fourth-order valence-electron chi connectivity index (χ4n) is 2.16. The van der Waals surface area contributed by atoms with Crippen molar-refractivity contribution in [2.45, 2.75) is 4.90 Å². The first-order valence-corrected chi connectivity index (χ1v) is 9.66. The van der Waals surface area contributed by atoms with Gasteiger partial charge in [-0.2, -0.15) is 8.42 Å². The highest BCUT2D eigenvalue weighted by Gasteiger charge is 2.24. The summed E-state index contributed by atoms with van der Waals surface area (Å²) in [6.07, 6.45) is 0. The monoisotopic (exact) mass is 413 g/mol. The van der Waals surface area contributed by atoms with Crippen molar-refractivity contribution in [3.8, 4) is 16.2 Å². The highest BCUT2D eigenvalue weighted by atomic mass is 35.5. The number of nitrogens with zero attached hydrogens (tertiary/aromatic N) is 1. The van der Waals surface area contributed by atoms with Gasteiger partial charge >= 0.3 is 10.1 Å². The molecule has 0 spiro atoms. The van der Waals surface area contributed by atoms with E-state index in [1.165, 1.54) is 23.5 Å². The summed E-state index contributed by atoms with van der Waals surface area (Å²) in [6, 6.07) is 9.75. The van der Waals surface area contributed by atoms with Crippen LogP contribution in [-0.4, -0.2) is 13.3 Å². The Balaban J connectivity index is 2.09. The molecule has 0 N–H and O–H groups in total. The molecule has 1 aromatic heterocycles. The fraction of sp³-hybridized carbons (Fsp3) is 0. The zero-order chi connectivity index (χ0) is 18.9. The van der Waals surface area contributed by atoms with E-state index < -0.39 is 25.8 Å². The van der Waals surface area contributed by atoms with Gasteiger partial charge in [0.15, 0.2) is 5.75 Å². The number of nitro groups is 1. The van der Waals surface area contributed by atoms with Gasteiger partial charge in [0.2, 0.25) is 0 Å². The standard InChI is InChI=1S/C16H9ClFNO5S2/c17-13-5-3-10(18)8-16(13)26(22,23)24-14-6-4-11(19(20)21)9-12(14)15-2-1-7-25-15/h1-9H. The van der Waals surface area contributed by atoms with Gasteiger partial charge in [-0.25, -0.2) is 4.39 Å². The summed E-state index contributed by atoms with van der Waals surface area (Å²) in [5.41, 5.74) is 0.00670. The van der Waals surface area contributed by atoms with Crippen molar-refractivity contribution in [3.05, 3.63) is 74.9 Å². The Morgan fingerprint density at radius 1 is 1.15 bits per heavy atom. The Kier molecular flexibility index (Phi) is 4.94. The molecule has 0 aliphatic carbocycles. The van der Waals surface area contributed by atoms with Crippen molar-refractivity contribution in [1.82, 2.24) is 0 Å². The van der Waals surface area contributed by atoms with Gasteiger partial charge < -0.3 is 4.18 Å². The van der Waals surface area contributed by atoms with Crippen LogP contribution >= 0.6 is 22.9 Å². The normalized spacial score (nSPS) is 11.3. The SMILES string of the molecule is O=[N+]([O-])c1ccc(OS(=O)(=O)c2cc(F)ccc2Cl)c(-c2cccs2)c1. The molecule has 0 saturated carbocycles. The third-order valence-electron chi connectivity index (χ3n) is 3.32. The van der Waals surface area contributed by atoms with E-state index in [1.54, 1.807) is 17.5 Å². The molecule has 6 nitrogen and oxygen atoms in total. The minimum atomic E-state index is -4.45. The van der Waals surface area contributed by atoms with Gasteiger partial charge in [-0.15, -0.1) is 11.3 Å². The van der Waals surface area contributed by atoms with Gasteiger partial charge in [0.05, 0.1) is 9.95 Å². The van der Waals surface area contributed by atoms with Crippen LogP contribution in [0.3, 0.4) is 0 Å². The lowest BCUT2D eigenvalue weighted by atomic mass is 10.1. The Morgan fingerprint density at radius 3 is 2.58 bits per heavy atom. The number of thiophene rings is 1. The quantitative estimate of drug-likeness (QED) is 0.338. The Hall–Kier alpha value is -2.49. The highest BCUT2D eigenvalue weighted by Crippen LogP contribution is 2.38. The number of nitro benzene ring substituents is 1. The molecule has 134 valence electrons. The highest BCUT2D eigenvalue weighted by molar-refractivity contribution is 7.87. The minimum Gasteiger partial charge on any atom is -0.378 e. The van der Waals surface area contributed by atoms with Crippen LogP contribution in [0.4, 0.5) is 10.1 Å². The van der Waals surface area contributed by atoms with E-state index >= 15 is 0 Å². The summed E-state index contributed by atoms with van der Waals surface area (Å²) >= 11 is 7.09. The molecule has 0 radical (unpaired) electrons. The molecule has 0 aliphatic rings. The summed E-state index contributed by atoms with van der Waals surface area (Å²) in [6.45, 7) is 0. The van der Waals surface area contributed by atoms with E-state index in [2.05, 4.69) is 0 Å². The van der Waals surface area contributed by atoms with Gasteiger partial charge in [-0.3, -0.25) is 10.1 Å². The van der Waals surface area contributed by atoms with E-state index in [0.29, 0.717) is 4.88 Å².